The summed E-state index contributed by atoms with van der Waals surface area (Å²) in [6, 6.07) is 3.87. The second-order valence-corrected chi connectivity index (χ2v) is 4.86. The molecule has 0 spiro atoms. The monoisotopic (exact) mass is 271 g/mol. The van der Waals surface area contributed by atoms with E-state index in [1.165, 1.54) is 11.5 Å². The highest BCUT2D eigenvalue weighted by atomic mass is 32.1. The molecule has 0 aliphatic rings. The van der Waals surface area contributed by atoms with Gasteiger partial charge in [0.2, 0.25) is 0 Å². The van der Waals surface area contributed by atoms with Gasteiger partial charge in [0.1, 0.15) is 23.1 Å². The molecule has 2 aromatic rings. The van der Waals surface area contributed by atoms with Crippen LogP contribution in [0.2, 0.25) is 0 Å². The van der Waals surface area contributed by atoms with Crippen molar-refractivity contribution in [1.82, 2.24) is 19.4 Å². The Morgan fingerprint density at radius 3 is 2.68 bits per heavy atom. The maximum atomic E-state index is 9.38. The molecule has 0 amide bonds. The van der Waals surface area contributed by atoms with Crippen molar-refractivity contribution < 1.29 is 4.65 Å². The van der Waals surface area contributed by atoms with Crippen LogP contribution in [-0.2, 0) is 11.7 Å². The average molecular weight is 271 g/mol. The van der Waals surface area contributed by atoms with Crippen LogP contribution in [0.3, 0.4) is 0 Å². The number of hydrogen-bond acceptors (Lipinski definition) is 6. The van der Waals surface area contributed by atoms with Gasteiger partial charge in [-0.25, -0.2) is 0 Å². The second kappa shape index (κ2) is 5.24. The van der Waals surface area contributed by atoms with Gasteiger partial charge in [0.15, 0.2) is 0 Å². The van der Waals surface area contributed by atoms with Crippen LogP contribution in [0, 0.1) is 25.2 Å². The maximum Gasteiger partial charge on any atom is 0.374 e. The van der Waals surface area contributed by atoms with Gasteiger partial charge in [-0.2, -0.15) is 10.4 Å². The van der Waals surface area contributed by atoms with E-state index in [2.05, 4.69) is 20.8 Å². The topological polar surface area (TPSA) is 76.6 Å². The molecule has 6 nitrogen and oxygen atoms in total. The molecule has 94 valence electrons. The highest BCUT2D eigenvalue weighted by Crippen LogP contribution is 2.28. The number of allylic oxidation sites excluding steroid dienone is 1. The molecule has 2 aromatic heterocycles. The normalized spacial score (nSPS) is 11.9. The van der Waals surface area contributed by atoms with Crippen LogP contribution in [0.1, 0.15) is 22.0 Å². The fraction of sp³-hybridized carbons (Fsp3) is 0.273. The first-order chi connectivity index (χ1) is 9.08. The summed E-state index contributed by atoms with van der Waals surface area (Å²) in [4.78, 5) is 0.826. The Balaban J connectivity index is 2.67. The van der Waals surface area contributed by atoms with Gasteiger partial charge in [-0.05, 0) is 31.4 Å². The number of hydrogen-bond donors (Lipinski definition) is 0. The summed E-state index contributed by atoms with van der Waals surface area (Å²) < 4.78 is 10.3. The van der Waals surface area contributed by atoms with Gasteiger partial charge in [0.25, 0.3) is 0 Å². The Kier molecular flexibility index (Phi) is 3.67. The first kappa shape index (κ1) is 13.3. The minimum Gasteiger partial charge on any atom is -0.565 e. The summed E-state index contributed by atoms with van der Waals surface area (Å²) in [5.74, 6) is 0.205. The van der Waals surface area contributed by atoms with E-state index >= 15 is 0 Å². The predicted octanol–water partition coefficient (Wildman–Crippen LogP) is 1.38. The van der Waals surface area contributed by atoms with Gasteiger partial charge >= 0.3 is 8.05 Å². The molecule has 0 atom stereocenters. The lowest BCUT2D eigenvalue weighted by Crippen LogP contribution is -2.02. The smallest absolute Gasteiger partial charge is 0.374 e. The highest BCUT2D eigenvalue weighted by molar-refractivity contribution is 7.05. The molecular formula is C11H10BN5OS. The van der Waals surface area contributed by atoms with E-state index in [1.54, 1.807) is 17.8 Å². The molecule has 0 saturated carbocycles. The minimum absolute atomic E-state index is 0.205. The van der Waals surface area contributed by atoms with Crippen LogP contribution >= 0.6 is 11.5 Å². The molecule has 0 aliphatic carbocycles. The van der Waals surface area contributed by atoms with Crippen LogP contribution in [0.25, 0.3) is 11.3 Å². The molecular weight excluding hydrogens is 261 g/mol. The Labute approximate surface area is 115 Å². The quantitative estimate of drug-likeness (QED) is 0.479. The molecule has 2 rings (SSSR count). The molecule has 2 radical (unpaired) electrons. The summed E-state index contributed by atoms with van der Waals surface area (Å²) >= 11 is 1.22. The number of aromatic nitrogens is 4. The van der Waals surface area contributed by atoms with Crippen molar-refractivity contribution in [2.45, 2.75) is 13.8 Å². The van der Waals surface area contributed by atoms with Gasteiger partial charge in [-0.3, -0.25) is 4.68 Å². The molecule has 0 aliphatic heterocycles. The fourth-order valence-corrected chi connectivity index (χ4v) is 2.21. The SMILES string of the molecule is [B]OC(=C(C#N)c1cc(C)nn1C)c1nnsc1C. The molecule has 0 saturated heterocycles. The first-order valence-corrected chi connectivity index (χ1v) is 6.17. The maximum absolute atomic E-state index is 9.38. The summed E-state index contributed by atoms with van der Waals surface area (Å²) in [5, 5.41) is 17.5. The van der Waals surface area contributed by atoms with Crippen LogP contribution in [-0.4, -0.2) is 27.4 Å². The zero-order valence-electron chi connectivity index (χ0n) is 10.7. The van der Waals surface area contributed by atoms with E-state index in [9.17, 15) is 5.26 Å². The van der Waals surface area contributed by atoms with Gasteiger partial charge in [0, 0.05) is 7.05 Å². The van der Waals surface area contributed by atoms with E-state index in [0.717, 1.165) is 10.6 Å². The standard InChI is InChI=1S/C11H10BN5OS/c1-6-4-9(17(3)15-6)8(5-13)11(18-12)10-7(2)19-16-14-10/h4H,1-3H3. The zero-order valence-corrected chi connectivity index (χ0v) is 11.5. The van der Waals surface area contributed by atoms with E-state index in [4.69, 9.17) is 12.7 Å². The van der Waals surface area contributed by atoms with Crippen LogP contribution < -0.4 is 0 Å². The third-order valence-electron chi connectivity index (χ3n) is 2.58. The van der Waals surface area contributed by atoms with Gasteiger partial charge < -0.3 is 4.65 Å². The molecule has 0 aromatic carbocycles. The lowest BCUT2D eigenvalue weighted by Gasteiger charge is -2.08. The van der Waals surface area contributed by atoms with Crippen molar-refractivity contribution in [1.29, 1.82) is 5.26 Å². The van der Waals surface area contributed by atoms with E-state index in [1.807, 2.05) is 13.8 Å². The molecule has 0 unspecified atom stereocenters. The Morgan fingerprint density at radius 2 is 2.26 bits per heavy atom. The molecule has 19 heavy (non-hydrogen) atoms. The van der Waals surface area contributed by atoms with E-state index < -0.39 is 0 Å². The number of aryl methyl sites for hydroxylation is 3. The fourth-order valence-electron chi connectivity index (χ4n) is 1.74. The van der Waals surface area contributed by atoms with Crippen molar-refractivity contribution >= 4 is 30.9 Å². The Bertz CT molecular complexity index is 682. The third-order valence-corrected chi connectivity index (χ3v) is 3.21. The molecule has 2 heterocycles. The van der Waals surface area contributed by atoms with Crippen molar-refractivity contribution in [3.8, 4) is 6.07 Å². The second-order valence-electron chi connectivity index (χ2n) is 3.91. The summed E-state index contributed by atoms with van der Waals surface area (Å²) in [6.45, 7) is 3.68. The molecule has 0 fully saturated rings. The summed E-state index contributed by atoms with van der Waals surface area (Å²) in [7, 11) is 7.05. The zero-order chi connectivity index (χ0) is 14.0. The number of nitrogens with zero attached hydrogens (tertiary/aromatic N) is 5. The first-order valence-electron chi connectivity index (χ1n) is 5.40. The largest absolute Gasteiger partial charge is 0.565 e. The highest BCUT2D eigenvalue weighted by Gasteiger charge is 2.19. The summed E-state index contributed by atoms with van der Waals surface area (Å²) in [6.07, 6.45) is 0. The minimum atomic E-state index is 0.205. The number of nitriles is 1. The van der Waals surface area contributed by atoms with Crippen LogP contribution in [0.4, 0.5) is 0 Å². The third kappa shape index (κ3) is 2.37. The summed E-state index contributed by atoms with van der Waals surface area (Å²) in [5.41, 5.74) is 2.17. The van der Waals surface area contributed by atoms with E-state index in [-0.39, 0.29) is 11.3 Å². The van der Waals surface area contributed by atoms with Crippen molar-refractivity contribution in [3.63, 3.8) is 0 Å². The Morgan fingerprint density at radius 1 is 1.53 bits per heavy atom. The van der Waals surface area contributed by atoms with Crippen LogP contribution in [0.5, 0.6) is 0 Å². The lowest BCUT2D eigenvalue weighted by molar-refractivity contribution is 0.569. The van der Waals surface area contributed by atoms with Crippen molar-refractivity contribution in [2.75, 3.05) is 0 Å². The van der Waals surface area contributed by atoms with Gasteiger partial charge in [-0.15, -0.1) is 5.10 Å². The average Bonchev–Trinajstić information content (AvgIpc) is 2.92. The van der Waals surface area contributed by atoms with Crippen molar-refractivity contribution in [2.24, 2.45) is 7.05 Å². The van der Waals surface area contributed by atoms with Crippen molar-refractivity contribution in [3.05, 3.63) is 28.0 Å². The van der Waals surface area contributed by atoms with Crippen LogP contribution in [0.15, 0.2) is 6.07 Å². The Hall–Kier alpha value is -2.14. The molecule has 0 N–H and O–H groups in total. The van der Waals surface area contributed by atoms with Gasteiger partial charge in [-0.1, -0.05) is 4.49 Å². The lowest BCUT2D eigenvalue weighted by atomic mass is 10.1. The van der Waals surface area contributed by atoms with Gasteiger partial charge in [0.05, 0.1) is 16.3 Å². The molecule has 8 heteroatoms. The van der Waals surface area contributed by atoms with E-state index in [0.29, 0.717) is 11.4 Å². The molecule has 0 bridgehead atoms. The predicted molar refractivity (Wildman–Crippen MR) is 71.9 cm³/mol. The number of rotatable bonds is 3.